The van der Waals surface area contributed by atoms with Gasteiger partial charge < -0.3 is 10.4 Å². The largest absolute Gasteiger partial charge is 0.391 e. The van der Waals surface area contributed by atoms with Gasteiger partial charge in [-0.05, 0) is 31.7 Å². The molecule has 2 rings (SSSR count). The molecule has 0 radical (unpaired) electrons. The molecule has 0 bridgehead atoms. The van der Waals surface area contributed by atoms with Crippen LogP contribution < -0.4 is 10.0 Å². The Morgan fingerprint density at radius 3 is 2.53 bits per heavy atom. The molecule has 1 heterocycles. The van der Waals surface area contributed by atoms with Crippen LogP contribution in [-0.2, 0) is 10.0 Å². The van der Waals surface area contributed by atoms with Crippen molar-refractivity contribution in [2.24, 2.45) is 11.8 Å². The third-order valence-corrected chi connectivity index (χ3v) is 5.60. The second kappa shape index (κ2) is 7.78. The number of sulfonamides is 1. The first-order valence-corrected chi connectivity index (χ1v) is 8.58. The van der Waals surface area contributed by atoms with E-state index in [4.69, 9.17) is 0 Å². The Hall–Kier alpha value is 0.120. The molecule has 7 heteroatoms. The van der Waals surface area contributed by atoms with Gasteiger partial charge in [-0.3, -0.25) is 0 Å². The minimum atomic E-state index is -3.17. The molecule has 2 atom stereocenters. The van der Waals surface area contributed by atoms with Gasteiger partial charge in [-0.2, -0.15) is 0 Å². The number of piperidine rings is 1. The summed E-state index contributed by atoms with van der Waals surface area (Å²) < 4.78 is 26.5. The van der Waals surface area contributed by atoms with E-state index in [1.54, 1.807) is 0 Å². The summed E-state index contributed by atoms with van der Waals surface area (Å²) in [5.74, 6) is 0.638. The van der Waals surface area contributed by atoms with Gasteiger partial charge in [0, 0.05) is 19.0 Å². The zero-order valence-corrected chi connectivity index (χ0v) is 12.8. The molecule has 0 aromatic heterocycles. The quantitative estimate of drug-likeness (QED) is 0.690. The van der Waals surface area contributed by atoms with Gasteiger partial charge in [-0.1, -0.05) is 12.8 Å². The van der Waals surface area contributed by atoms with Crippen LogP contribution in [0.5, 0.6) is 0 Å². The molecule has 0 amide bonds. The van der Waals surface area contributed by atoms with Crippen molar-refractivity contribution in [2.45, 2.75) is 38.2 Å². The molecule has 114 valence electrons. The van der Waals surface area contributed by atoms with Crippen LogP contribution in [0.15, 0.2) is 0 Å². The van der Waals surface area contributed by atoms with Gasteiger partial charge >= 0.3 is 0 Å². The number of aliphatic hydroxyl groups is 1. The molecule has 1 aliphatic carbocycles. The first-order valence-electron chi connectivity index (χ1n) is 6.93. The highest BCUT2D eigenvalue weighted by Gasteiger charge is 2.26. The molecule has 1 aliphatic heterocycles. The van der Waals surface area contributed by atoms with Crippen molar-refractivity contribution < 1.29 is 13.5 Å². The van der Waals surface area contributed by atoms with Crippen LogP contribution >= 0.6 is 12.4 Å². The molecule has 0 aromatic carbocycles. The minimum absolute atomic E-state index is 0. The summed E-state index contributed by atoms with van der Waals surface area (Å²) in [5.41, 5.74) is 0. The molecule has 1 saturated carbocycles. The summed E-state index contributed by atoms with van der Waals surface area (Å²) >= 11 is 0. The number of rotatable bonds is 5. The van der Waals surface area contributed by atoms with Crippen LogP contribution in [0.4, 0.5) is 0 Å². The smallest absolute Gasteiger partial charge is 0.211 e. The van der Waals surface area contributed by atoms with Gasteiger partial charge in [-0.15, -0.1) is 12.4 Å². The molecular weight excluding hydrogens is 288 g/mol. The molecule has 19 heavy (non-hydrogen) atoms. The van der Waals surface area contributed by atoms with E-state index in [0.29, 0.717) is 19.0 Å². The standard InChI is InChI=1S/C12H24N2O3S.ClH/c15-12-8-13-6-5-11(12)7-14-18(16,17)9-10-3-1-2-4-10;/h10-15H,1-9H2;1H/t11-,12+;/m0./s1. The molecule has 5 nitrogen and oxygen atoms in total. The van der Waals surface area contributed by atoms with E-state index in [1.807, 2.05) is 0 Å². The fraction of sp³-hybridized carbons (Fsp3) is 1.00. The molecule has 0 aromatic rings. The number of nitrogens with one attached hydrogen (secondary N) is 2. The van der Waals surface area contributed by atoms with E-state index >= 15 is 0 Å². The fourth-order valence-corrected chi connectivity index (χ4v) is 4.45. The topological polar surface area (TPSA) is 78.4 Å². The molecule has 0 spiro atoms. The number of hydrogen-bond donors (Lipinski definition) is 3. The predicted molar refractivity (Wildman–Crippen MR) is 78.0 cm³/mol. The lowest BCUT2D eigenvalue weighted by atomic mass is 9.96. The second-order valence-electron chi connectivity index (χ2n) is 5.60. The third kappa shape index (κ3) is 5.55. The predicted octanol–water partition coefficient (Wildman–Crippen LogP) is 0.488. The number of β-amino-alcohol motifs (C(OH)–C–C–N with tert-alkyl or cyclic N) is 1. The van der Waals surface area contributed by atoms with Gasteiger partial charge in [0.2, 0.25) is 10.0 Å². The molecule has 3 N–H and O–H groups in total. The van der Waals surface area contributed by atoms with Gasteiger partial charge in [-0.25, -0.2) is 13.1 Å². The summed E-state index contributed by atoms with van der Waals surface area (Å²) in [6.07, 6.45) is 4.79. The zero-order valence-electron chi connectivity index (χ0n) is 11.2. The molecule has 0 unspecified atom stereocenters. The lowest BCUT2D eigenvalue weighted by Crippen LogP contribution is -2.46. The van der Waals surface area contributed by atoms with Crippen LogP contribution in [0.1, 0.15) is 32.1 Å². The highest BCUT2D eigenvalue weighted by atomic mass is 35.5. The molecular formula is C12H25ClN2O3S. The lowest BCUT2D eigenvalue weighted by molar-refractivity contribution is 0.0844. The van der Waals surface area contributed by atoms with E-state index in [2.05, 4.69) is 10.0 Å². The maximum absolute atomic E-state index is 11.9. The molecule has 1 saturated heterocycles. The first kappa shape index (κ1) is 17.2. The van der Waals surface area contributed by atoms with Crippen molar-refractivity contribution in [1.29, 1.82) is 0 Å². The van der Waals surface area contributed by atoms with Crippen LogP contribution in [0.3, 0.4) is 0 Å². The Bertz CT molecular complexity index is 358. The Morgan fingerprint density at radius 1 is 1.21 bits per heavy atom. The first-order chi connectivity index (χ1) is 8.57. The summed E-state index contributed by atoms with van der Waals surface area (Å²) in [4.78, 5) is 0. The van der Waals surface area contributed by atoms with E-state index < -0.39 is 16.1 Å². The number of halogens is 1. The fourth-order valence-electron chi connectivity index (χ4n) is 2.91. The average Bonchev–Trinajstić information content (AvgIpc) is 2.80. The van der Waals surface area contributed by atoms with Crippen molar-refractivity contribution in [3.05, 3.63) is 0 Å². The van der Waals surface area contributed by atoms with Crippen molar-refractivity contribution in [1.82, 2.24) is 10.0 Å². The van der Waals surface area contributed by atoms with E-state index in [9.17, 15) is 13.5 Å². The number of hydrogen-bond acceptors (Lipinski definition) is 4. The Balaban J connectivity index is 0.00000180. The third-order valence-electron chi connectivity index (χ3n) is 4.08. The van der Waals surface area contributed by atoms with Crippen molar-refractivity contribution in [2.75, 3.05) is 25.4 Å². The Morgan fingerprint density at radius 2 is 1.89 bits per heavy atom. The SMILES string of the molecule is Cl.O=S(=O)(CC1CCCC1)NC[C@@H]1CCNC[C@H]1O. The van der Waals surface area contributed by atoms with Crippen LogP contribution in [0.25, 0.3) is 0 Å². The van der Waals surface area contributed by atoms with Gasteiger partial charge in [0.25, 0.3) is 0 Å². The maximum atomic E-state index is 11.9. The van der Waals surface area contributed by atoms with Crippen LogP contribution in [0.2, 0.25) is 0 Å². The minimum Gasteiger partial charge on any atom is -0.391 e. The monoisotopic (exact) mass is 312 g/mol. The molecule has 2 aliphatic rings. The zero-order chi connectivity index (χ0) is 13.0. The normalized spacial score (nSPS) is 29.1. The van der Waals surface area contributed by atoms with Crippen molar-refractivity contribution in [3.8, 4) is 0 Å². The lowest BCUT2D eigenvalue weighted by Gasteiger charge is -2.28. The summed E-state index contributed by atoms with van der Waals surface area (Å²) in [6, 6.07) is 0. The second-order valence-corrected chi connectivity index (χ2v) is 7.45. The van der Waals surface area contributed by atoms with Crippen LogP contribution in [0, 0.1) is 11.8 Å². The van der Waals surface area contributed by atoms with Gasteiger partial charge in [0.1, 0.15) is 0 Å². The summed E-state index contributed by atoms with van der Waals surface area (Å²) in [7, 11) is -3.17. The van der Waals surface area contributed by atoms with Crippen molar-refractivity contribution in [3.63, 3.8) is 0 Å². The van der Waals surface area contributed by atoms with Gasteiger partial charge in [0.05, 0.1) is 11.9 Å². The molecule has 2 fully saturated rings. The van der Waals surface area contributed by atoms with Gasteiger partial charge in [0.15, 0.2) is 0 Å². The van der Waals surface area contributed by atoms with Crippen molar-refractivity contribution >= 4 is 22.4 Å². The Kier molecular flexibility index (Phi) is 7.04. The number of aliphatic hydroxyl groups excluding tert-OH is 1. The average molecular weight is 313 g/mol. The van der Waals surface area contributed by atoms with E-state index in [-0.39, 0.29) is 24.1 Å². The van der Waals surface area contributed by atoms with E-state index in [0.717, 1.165) is 38.6 Å². The van der Waals surface area contributed by atoms with Crippen LogP contribution in [-0.4, -0.2) is 45.0 Å². The van der Waals surface area contributed by atoms with E-state index in [1.165, 1.54) is 0 Å². The highest BCUT2D eigenvalue weighted by molar-refractivity contribution is 7.89. The summed E-state index contributed by atoms with van der Waals surface area (Å²) in [5, 5.41) is 12.8. The Labute approximate surface area is 122 Å². The summed E-state index contributed by atoms with van der Waals surface area (Å²) in [6.45, 7) is 1.79. The highest BCUT2D eigenvalue weighted by Crippen LogP contribution is 2.25. The maximum Gasteiger partial charge on any atom is 0.211 e.